The third-order valence-electron chi connectivity index (χ3n) is 1.48. The van der Waals surface area contributed by atoms with Crippen LogP contribution in [0.15, 0.2) is 30.6 Å². The highest BCUT2D eigenvalue weighted by Crippen LogP contribution is 2.01. The Kier molecular flexibility index (Phi) is 1.94. The third kappa shape index (κ3) is 1.24. The van der Waals surface area contributed by atoms with Gasteiger partial charge in [0.05, 0.1) is 5.69 Å². The van der Waals surface area contributed by atoms with Gasteiger partial charge in [0.2, 0.25) is 0 Å². The maximum Gasteiger partial charge on any atom is 0.136 e. The van der Waals surface area contributed by atoms with Gasteiger partial charge in [-0.15, -0.1) is 0 Å². The van der Waals surface area contributed by atoms with Gasteiger partial charge in [0, 0.05) is 12.4 Å². The minimum absolute atomic E-state index is 0. The molecular weight excluding hydrogens is 136 g/mol. The van der Waals surface area contributed by atoms with Crippen molar-refractivity contribution in [3.8, 4) is 0 Å². The number of hydrogen-bond acceptors (Lipinski definition) is 1. The molecule has 0 saturated carbocycles. The Morgan fingerprint density at radius 2 is 2.18 bits per heavy atom. The van der Waals surface area contributed by atoms with E-state index in [1.165, 1.54) is 0 Å². The lowest BCUT2D eigenvalue weighted by molar-refractivity contribution is 1.18. The molecule has 2 rings (SSSR count). The largest absolute Gasteiger partial charge is 0.307 e. The Morgan fingerprint density at radius 3 is 2.91 bits per heavy atom. The van der Waals surface area contributed by atoms with E-state index < -0.39 is 0 Å². The zero-order valence-electron chi connectivity index (χ0n) is 5.78. The lowest BCUT2D eigenvalue weighted by Gasteiger charge is -1.86. The first-order valence-electron chi connectivity index (χ1n) is 3.26. The summed E-state index contributed by atoms with van der Waals surface area (Å²) in [6, 6.07) is 5.98. The molecule has 0 fully saturated rings. The number of imidazole rings is 1. The first-order chi connectivity index (χ1) is 4.86. The van der Waals surface area contributed by atoms with Gasteiger partial charge >= 0.3 is 0 Å². The quantitative estimate of drug-likeness (QED) is 0.560. The summed E-state index contributed by atoms with van der Waals surface area (Å²) in [6.07, 6.45) is 4.00. The Bertz CT molecular complexity index is 316. The first-order valence-corrected chi connectivity index (χ1v) is 3.26. The second kappa shape index (κ2) is 2.74. The van der Waals surface area contributed by atoms with Crippen LogP contribution in [0.4, 0.5) is 0 Å². The maximum atomic E-state index is 4.28. The van der Waals surface area contributed by atoms with E-state index in [2.05, 4.69) is 4.98 Å². The van der Waals surface area contributed by atoms with Crippen molar-refractivity contribution in [2.24, 2.45) is 0 Å². The molecule has 58 valence electrons. The Morgan fingerprint density at radius 1 is 1.36 bits per heavy atom. The second-order valence-electron chi connectivity index (χ2n) is 2.35. The lowest BCUT2D eigenvalue weighted by Crippen LogP contribution is -1.77. The molecule has 2 aromatic rings. The molecule has 2 nitrogen and oxygen atoms in total. The van der Waals surface area contributed by atoms with Gasteiger partial charge in [-0.3, -0.25) is 0 Å². The van der Waals surface area contributed by atoms with Crippen LogP contribution in [-0.4, -0.2) is 9.38 Å². The molecule has 11 heavy (non-hydrogen) atoms. The van der Waals surface area contributed by atoms with E-state index in [-0.39, 0.29) is 7.43 Å². The van der Waals surface area contributed by atoms with E-state index in [0.717, 1.165) is 11.3 Å². The predicted molar refractivity (Wildman–Crippen MR) is 46.7 cm³/mol. The van der Waals surface area contributed by atoms with Gasteiger partial charge in [-0.25, -0.2) is 4.98 Å². The number of aromatic nitrogens is 2. The number of nitrogens with zero attached hydrogens (tertiary/aromatic N) is 2. The zero-order chi connectivity index (χ0) is 6.97. The van der Waals surface area contributed by atoms with Crippen molar-refractivity contribution in [1.29, 1.82) is 0 Å². The summed E-state index contributed by atoms with van der Waals surface area (Å²) >= 11 is 0. The van der Waals surface area contributed by atoms with Crippen LogP contribution in [0.1, 0.15) is 13.1 Å². The van der Waals surface area contributed by atoms with Gasteiger partial charge in [-0.2, -0.15) is 0 Å². The topological polar surface area (TPSA) is 17.3 Å². The Balaban J connectivity index is 0.000000605. The molecule has 0 aliphatic heterocycles. The van der Waals surface area contributed by atoms with Crippen LogP contribution in [0.25, 0.3) is 5.65 Å². The number of hydrogen-bond donors (Lipinski definition) is 0. The molecule has 0 N–H and O–H groups in total. The van der Waals surface area contributed by atoms with Crippen molar-refractivity contribution in [1.82, 2.24) is 9.38 Å². The molecular formula is C9H12N2. The maximum absolute atomic E-state index is 4.28. The highest BCUT2D eigenvalue weighted by molar-refractivity contribution is 5.38. The summed E-state index contributed by atoms with van der Waals surface area (Å²) in [4.78, 5) is 4.28. The molecule has 0 aromatic carbocycles. The van der Waals surface area contributed by atoms with Crippen LogP contribution < -0.4 is 0 Å². The van der Waals surface area contributed by atoms with E-state index in [9.17, 15) is 0 Å². The highest BCUT2D eigenvalue weighted by atomic mass is 15.0. The number of aryl methyl sites for hydroxylation is 1. The molecule has 0 spiro atoms. The number of fused-ring (bicyclic) bond motifs is 1. The van der Waals surface area contributed by atoms with Gasteiger partial charge in [-0.05, 0) is 19.1 Å². The van der Waals surface area contributed by atoms with Gasteiger partial charge in [0.1, 0.15) is 5.65 Å². The third-order valence-corrected chi connectivity index (χ3v) is 1.48. The summed E-state index contributed by atoms with van der Waals surface area (Å²) in [6.45, 7) is 1.99. The molecule has 0 radical (unpaired) electrons. The summed E-state index contributed by atoms with van der Waals surface area (Å²) in [5, 5.41) is 0. The molecule has 0 aliphatic rings. The SMILES string of the molecule is C.Cc1cn2ccccc2n1. The molecule has 0 aliphatic carbocycles. The van der Waals surface area contributed by atoms with Crippen molar-refractivity contribution in [2.75, 3.05) is 0 Å². The fourth-order valence-electron chi connectivity index (χ4n) is 1.06. The average molecular weight is 148 g/mol. The Labute approximate surface area is 66.5 Å². The standard InChI is InChI=1S/C8H8N2.CH4/c1-7-6-10-5-3-2-4-8(10)9-7;/h2-6H,1H3;1H4. The van der Waals surface area contributed by atoms with Crippen molar-refractivity contribution in [2.45, 2.75) is 14.4 Å². The molecule has 0 unspecified atom stereocenters. The summed E-state index contributed by atoms with van der Waals surface area (Å²) in [7, 11) is 0. The van der Waals surface area contributed by atoms with Crippen molar-refractivity contribution < 1.29 is 0 Å². The molecule has 0 bridgehead atoms. The second-order valence-corrected chi connectivity index (χ2v) is 2.35. The minimum Gasteiger partial charge on any atom is -0.307 e. The summed E-state index contributed by atoms with van der Waals surface area (Å²) < 4.78 is 2.01. The molecule has 2 heteroatoms. The van der Waals surface area contributed by atoms with Gasteiger partial charge in [0.15, 0.2) is 0 Å². The molecule has 0 saturated heterocycles. The van der Waals surface area contributed by atoms with Crippen LogP contribution in [0.3, 0.4) is 0 Å². The van der Waals surface area contributed by atoms with Crippen molar-refractivity contribution in [3.05, 3.63) is 36.3 Å². The van der Waals surface area contributed by atoms with Gasteiger partial charge < -0.3 is 4.40 Å². The van der Waals surface area contributed by atoms with E-state index >= 15 is 0 Å². The van der Waals surface area contributed by atoms with Crippen LogP contribution in [0, 0.1) is 6.92 Å². The zero-order valence-corrected chi connectivity index (χ0v) is 5.78. The molecule has 0 atom stereocenters. The minimum atomic E-state index is 0. The predicted octanol–water partition coefficient (Wildman–Crippen LogP) is 2.28. The number of rotatable bonds is 0. The smallest absolute Gasteiger partial charge is 0.136 e. The van der Waals surface area contributed by atoms with E-state index in [1.807, 2.05) is 41.9 Å². The van der Waals surface area contributed by atoms with Crippen LogP contribution in [0.2, 0.25) is 0 Å². The van der Waals surface area contributed by atoms with Crippen molar-refractivity contribution in [3.63, 3.8) is 0 Å². The monoisotopic (exact) mass is 148 g/mol. The fourth-order valence-corrected chi connectivity index (χ4v) is 1.06. The van der Waals surface area contributed by atoms with E-state index in [1.54, 1.807) is 0 Å². The molecule has 0 amide bonds. The Hall–Kier alpha value is -1.31. The van der Waals surface area contributed by atoms with Crippen molar-refractivity contribution >= 4 is 5.65 Å². The average Bonchev–Trinajstić information content (AvgIpc) is 2.27. The van der Waals surface area contributed by atoms with Crippen LogP contribution in [0.5, 0.6) is 0 Å². The fraction of sp³-hybridized carbons (Fsp3) is 0.222. The van der Waals surface area contributed by atoms with Crippen LogP contribution >= 0.6 is 0 Å². The number of pyridine rings is 1. The molecule has 2 aromatic heterocycles. The summed E-state index contributed by atoms with van der Waals surface area (Å²) in [5.41, 5.74) is 2.08. The van der Waals surface area contributed by atoms with Gasteiger partial charge in [-0.1, -0.05) is 13.5 Å². The van der Waals surface area contributed by atoms with Crippen LogP contribution in [-0.2, 0) is 0 Å². The van der Waals surface area contributed by atoms with Gasteiger partial charge in [0.25, 0.3) is 0 Å². The highest BCUT2D eigenvalue weighted by Gasteiger charge is 1.92. The normalized spacial score (nSPS) is 9.55. The molecule has 2 heterocycles. The summed E-state index contributed by atoms with van der Waals surface area (Å²) in [5.74, 6) is 0. The van der Waals surface area contributed by atoms with E-state index in [4.69, 9.17) is 0 Å². The lowest BCUT2D eigenvalue weighted by atomic mass is 10.5. The van der Waals surface area contributed by atoms with E-state index in [0.29, 0.717) is 0 Å². The first kappa shape index (κ1) is 7.79.